The molecule has 3 aromatic rings. The van der Waals surface area contributed by atoms with E-state index < -0.39 is 0 Å². The van der Waals surface area contributed by atoms with Crippen LogP contribution in [-0.4, -0.2) is 43.0 Å². The number of aromatic nitrogens is 1. The minimum Gasteiger partial charge on any atom is -0.494 e. The number of thioether (sulfide) groups is 1. The van der Waals surface area contributed by atoms with E-state index in [0.717, 1.165) is 43.2 Å². The molecule has 8 heteroatoms. The summed E-state index contributed by atoms with van der Waals surface area (Å²) in [4.78, 5) is 20.0. The van der Waals surface area contributed by atoms with Crippen molar-refractivity contribution in [2.24, 2.45) is 0 Å². The summed E-state index contributed by atoms with van der Waals surface area (Å²) in [7, 11) is 1.65. The van der Waals surface area contributed by atoms with Crippen molar-refractivity contribution in [3.05, 3.63) is 47.5 Å². The number of para-hydroxylation sites is 1. The number of rotatable bonds is 8. The Morgan fingerprint density at radius 1 is 1.28 bits per heavy atom. The van der Waals surface area contributed by atoms with Crippen LogP contribution < -0.4 is 9.64 Å². The van der Waals surface area contributed by atoms with Gasteiger partial charge in [0, 0.05) is 16.3 Å². The quantitative estimate of drug-likeness (QED) is 0.266. The normalized spacial score (nSPS) is 14.1. The van der Waals surface area contributed by atoms with Gasteiger partial charge in [-0.05, 0) is 48.6 Å². The average Bonchev–Trinajstić information content (AvgIpc) is 3.12. The molecule has 2 heterocycles. The van der Waals surface area contributed by atoms with E-state index >= 15 is 0 Å². The van der Waals surface area contributed by atoms with Crippen LogP contribution in [0.25, 0.3) is 10.2 Å². The monoisotopic (exact) mass is 448 g/mol. The highest BCUT2D eigenvalue weighted by Gasteiger charge is 2.32. The third kappa shape index (κ3) is 4.97. The fraction of sp³-hybridized carbons (Fsp3) is 0.333. The second-order valence-electron chi connectivity index (χ2n) is 6.73. The maximum absolute atomic E-state index is 12.1. The van der Waals surface area contributed by atoms with E-state index in [2.05, 4.69) is 9.88 Å². The van der Waals surface area contributed by atoms with Crippen LogP contribution >= 0.6 is 34.7 Å². The number of nitrogens with zero attached hydrogens (tertiary/aromatic N) is 2. The van der Waals surface area contributed by atoms with Gasteiger partial charge in [-0.25, -0.2) is 4.98 Å². The number of hydrogen-bond acceptors (Lipinski definition) is 7. The number of ether oxygens (including phenoxy) is 2. The fourth-order valence-electron chi connectivity index (χ4n) is 3.06. The predicted octanol–water partition coefficient (Wildman–Crippen LogP) is 5.26. The lowest BCUT2D eigenvalue weighted by atomic mass is 10.2. The van der Waals surface area contributed by atoms with Crippen LogP contribution in [0.5, 0.6) is 5.75 Å². The largest absolute Gasteiger partial charge is 0.494 e. The van der Waals surface area contributed by atoms with E-state index in [1.807, 2.05) is 42.5 Å². The molecule has 4 rings (SSSR count). The summed E-state index contributed by atoms with van der Waals surface area (Å²) in [5.74, 6) is 1.53. The first kappa shape index (κ1) is 20.3. The molecule has 0 aliphatic carbocycles. The third-order valence-corrected chi connectivity index (χ3v) is 7.05. The van der Waals surface area contributed by atoms with Gasteiger partial charge in [-0.3, -0.25) is 4.79 Å². The molecule has 1 aliphatic heterocycles. The van der Waals surface area contributed by atoms with Crippen molar-refractivity contribution >= 4 is 56.0 Å². The van der Waals surface area contributed by atoms with Gasteiger partial charge in [0.2, 0.25) is 0 Å². The average molecular weight is 449 g/mol. The smallest absolute Gasteiger partial charge is 0.306 e. The van der Waals surface area contributed by atoms with Gasteiger partial charge in [-0.1, -0.05) is 29.0 Å². The van der Waals surface area contributed by atoms with E-state index in [1.165, 1.54) is 0 Å². The van der Waals surface area contributed by atoms with Crippen molar-refractivity contribution in [3.63, 3.8) is 0 Å². The highest BCUT2D eigenvalue weighted by Crippen LogP contribution is 2.36. The summed E-state index contributed by atoms with van der Waals surface area (Å²) in [5.41, 5.74) is 0.883. The van der Waals surface area contributed by atoms with Crippen LogP contribution in [0, 0.1) is 0 Å². The summed E-state index contributed by atoms with van der Waals surface area (Å²) >= 11 is 9.23. The van der Waals surface area contributed by atoms with Gasteiger partial charge in [0.1, 0.15) is 17.4 Å². The van der Waals surface area contributed by atoms with E-state index in [9.17, 15) is 4.79 Å². The van der Waals surface area contributed by atoms with Gasteiger partial charge >= 0.3 is 5.97 Å². The highest BCUT2D eigenvalue weighted by atomic mass is 35.5. The van der Waals surface area contributed by atoms with Crippen molar-refractivity contribution in [1.82, 2.24) is 4.98 Å². The van der Waals surface area contributed by atoms with Crippen LogP contribution in [0.1, 0.15) is 12.8 Å². The van der Waals surface area contributed by atoms with E-state index in [0.29, 0.717) is 19.5 Å². The second kappa shape index (κ2) is 9.24. The number of methoxy groups -OCH3 is 1. The van der Waals surface area contributed by atoms with Gasteiger partial charge in [-0.15, -0.1) is 11.8 Å². The van der Waals surface area contributed by atoms with Crippen LogP contribution in [0.3, 0.4) is 0 Å². The first-order valence-corrected chi connectivity index (χ1v) is 11.6. The zero-order valence-electron chi connectivity index (χ0n) is 16.0. The van der Waals surface area contributed by atoms with Crippen molar-refractivity contribution in [2.75, 3.05) is 30.9 Å². The maximum Gasteiger partial charge on any atom is 0.306 e. The van der Waals surface area contributed by atoms with Crippen LogP contribution in [0.4, 0.5) is 5.13 Å². The number of carbonyl (C=O) groups excluding carboxylic acids is 1. The Balaban J connectivity index is 1.18. The zero-order chi connectivity index (χ0) is 20.2. The standard InChI is InChI=1S/C21H21ClN2O3S2/c1-26-17-4-2-5-18-20(17)23-21(29-18)24-12-15(13-24)27-19(25)6-3-11-28-16-9-7-14(22)8-10-16/h2,4-5,7-10,15H,3,6,11-13H2,1H3. The highest BCUT2D eigenvalue weighted by molar-refractivity contribution is 7.99. The molecular formula is C21H21ClN2O3S2. The molecule has 1 aromatic heterocycles. The molecule has 0 N–H and O–H groups in total. The number of fused-ring (bicyclic) bond motifs is 1. The molecule has 0 radical (unpaired) electrons. The predicted molar refractivity (Wildman–Crippen MR) is 120 cm³/mol. The second-order valence-corrected chi connectivity index (χ2v) is 9.34. The summed E-state index contributed by atoms with van der Waals surface area (Å²) < 4.78 is 12.0. The fourth-order valence-corrected chi connectivity index (χ4v) is 5.04. The Hall–Kier alpha value is -1.96. The number of hydrogen-bond donors (Lipinski definition) is 0. The molecule has 0 atom stereocenters. The van der Waals surface area contributed by atoms with Gasteiger partial charge in [-0.2, -0.15) is 0 Å². The SMILES string of the molecule is COc1cccc2sc(N3CC(OC(=O)CCCSc4ccc(Cl)cc4)C3)nc12. The number of carbonyl (C=O) groups is 1. The summed E-state index contributed by atoms with van der Waals surface area (Å²) in [6.07, 6.45) is 1.18. The molecule has 0 bridgehead atoms. The molecule has 152 valence electrons. The Bertz CT molecular complexity index is 987. The molecule has 1 saturated heterocycles. The Kier molecular flexibility index (Phi) is 6.47. The topological polar surface area (TPSA) is 51.7 Å². The molecule has 1 fully saturated rings. The third-order valence-electron chi connectivity index (χ3n) is 4.61. The minimum absolute atomic E-state index is 0.0553. The number of anilines is 1. The van der Waals surface area contributed by atoms with Gasteiger partial charge in [0.05, 0.1) is 24.9 Å². The summed E-state index contributed by atoms with van der Waals surface area (Å²) in [6.45, 7) is 1.38. The number of benzene rings is 2. The Morgan fingerprint density at radius 2 is 2.07 bits per heavy atom. The van der Waals surface area contributed by atoms with E-state index in [1.54, 1.807) is 30.2 Å². The Labute approximate surface area is 183 Å². The van der Waals surface area contributed by atoms with Gasteiger partial charge in [0.15, 0.2) is 5.13 Å². The van der Waals surface area contributed by atoms with Gasteiger partial charge < -0.3 is 14.4 Å². The van der Waals surface area contributed by atoms with E-state index in [4.69, 9.17) is 21.1 Å². The summed E-state index contributed by atoms with van der Waals surface area (Å²) in [6, 6.07) is 13.7. The number of esters is 1. The number of halogens is 1. The van der Waals surface area contributed by atoms with Gasteiger partial charge in [0.25, 0.3) is 0 Å². The lowest BCUT2D eigenvalue weighted by molar-refractivity contribution is -0.150. The first-order chi connectivity index (χ1) is 14.1. The van der Waals surface area contributed by atoms with Crippen molar-refractivity contribution in [3.8, 4) is 5.75 Å². The van der Waals surface area contributed by atoms with Crippen LogP contribution in [0.15, 0.2) is 47.4 Å². The van der Waals surface area contributed by atoms with Crippen molar-refractivity contribution < 1.29 is 14.3 Å². The van der Waals surface area contributed by atoms with E-state index in [-0.39, 0.29) is 12.1 Å². The maximum atomic E-state index is 12.1. The minimum atomic E-state index is -0.127. The first-order valence-electron chi connectivity index (χ1n) is 9.39. The van der Waals surface area contributed by atoms with Crippen LogP contribution in [0.2, 0.25) is 5.02 Å². The zero-order valence-corrected chi connectivity index (χ0v) is 18.4. The molecule has 0 amide bonds. The molecule has 29 heavy (non-hydrogen) atoms. The molecule has 0 saturated carbocycles. The molecule has 2 aromatic carbocycles. The lowest BCUT2D eigenvalue weighted by Crippen LogP contribution is -2.53. The number of thiazole rings is 1. The molecular weight excluding hydrogens is 428 g/mol. The molecule has 5 nitrogen and oxygen atoms in total. The molecule has 0 spiro atoms. The molecule has 1 aliphatic rings. The Morgan fingerprint density at radius 3 is 2.83 bits per heavy atom. The van der Waals surface area contributed by atoms with Crippen LogP contribution in [-0.2, 0) is 9.53 Å². The molecule has 0 unspecified atom stereocenters. The van der Waals surface area contributed by atoms with Crippen molar-refractivity contribution in [2.45, 2.75) is 23.8 Å². The summed E-state index contributed by atoms with van der Waals surface area (Å²) in [5, 5.41) is 1.67. The van der Waals surface area contributed by atoms with Crippen molar-refractivity contribution in [1.29, 1.82) is 0 Å². The lowest BCUT2D eigenvalue weighted by Gasteiger charge is -2.38.